The molecule has 3 aliphatic carbocycles. The molecule has 2 heteroatoms. The first kappa shape index (κ1) is 13.5. The Morgan fingerprint density at radius 3 is 2.62 bits per heavy atom. The van der Waals surface area contributed by atoms with Crippen LogP contribution in [-0.4, -0.2) is 16.5 Å². The molecule has 3 aliphatic rings. The maximum Gasteiger partial charge on any atom is 0.142 e. The number of fused-ring (bicyclic) bond motifs is 4. The summed E-state index contributed by atoms with van der Waals surface area (Å²) in [6.45, 7) is 0. The third-order valence-electron chi connectivity index (χ3n) is 6.36. The third kappa shape index (κ3) is 1.92. The topological polar surface area (TPSA) is 37.3 Å². The maximum absolute atomic E-state index is 12.9. The van der Waals surface area contributed by atoms with Crippen molar-refractivity contribution >= 4 is 5.78 Å². The van der Waals surface area contributed by atoms with Gasteiger partial charge in [-0.3, -0.25) is 4.79 Å². The lowest BCUT2D eigenvalue weighted by molar-refractivity contribution is -0.172. The lowest BCUT2D eigenvalue weighted by Gasteiger charge is -2.56. The van der Waals surface area contributed by atoms with Crippen LogP contribution in [0.3, 0.4) is 0 Å². The zero-order chi connectivity index (χ0) is 14.4. The van der Waals surface area contributed by atoms with Crippen molar-refractivity contribution in [2.45, 2.75) is 56.5 Å². The second kappa shape index (κ2) is 4.95. The summed E-state index contributed by atoms with van der Waals surface area (Å²) >= 11 is 0. The second-order valence-electron chi connectivity index (χ2n) is 7.27. The number of carbonyl (C=O) groups is 1. The van der Waals surface area contributed by atoms with Crippen molar-refractivity contribution in [2.24, 2.45) is 17.8 Å². The minimum Gasteiger partial charge on any atom is -0.389 e. The van der Waals surface area contributed by atoms with Crippen LogP contribution in [0, 0.1) is 17.8 Å². The van der Waals surface area contributed by atoms with Crippen molar-refractivity contribution in [3.8, 4) is 0 Å². The number of rotatable bonds is 1. The van der Waals surface area contributed by atoms with E-state index in [9.17, 15) is 9.90 Å². The number of Topliss-reactive ketones (excluding diaryl/α,β-unsaturated/α-hetero) is 1. The minimum absolute atomic E-state index is 0.0819. The van der Waals surface area contributed by atoms with Crippen molar-refractivity contribution in [1.82, 2.24) is 0 Å². The summed E-state index contributed by atoms with van der Waals surface area (Å²) in [6.07, 6.45) is 7.19. The molecule has 2 nitrogen and oxygen atoms in total. The molecule has 0 radical (unpaired) electrons. The molecule has 0 saturated heterocycles. The number of carbonyl (C=O) groups excluding carboxylic acids is 1. The summed E-state index contributed by atoms with van der Waals surface area (Å²) in [7, 11) is 0. The van der Waals surface area contributed by atoms with E-state index in [0.29, 0.717) is 5.78 Å². The zero-order valence-electron chi connectivity index (χ0n) is 12.5. The normalized spacial score (nSPS) is 42.4. The molecule has 0 aliphatic heterocycles. The second-order valence-corrected chi connectivity index (χ2v) is 7.27. The number of aliphatic hydroxyl groups is 1. The van der Waals surface area contributed by atoms with Crippen LogP contribution in [0.1, 0.15) is 56.4 Å². The van der Waals surface area contributed by atoms with E-state index in [-0.39, 0.29) is 23.7 Å². The van der Waals surface area contributed by atoms with Crippen LogP contribution in [0.5, 0.6) is 0 Å². The van der Waals surface area contributed by atoms with Gasteiger partial charge in [0.25, 0.3) is 0 Å². The highest BCUT2D eigenvalue weighted by Crippen LogP contribution is 2.57. The molecule has 2 bridgehead atoms. The summed E-state index contributed by atoms with van der Waals surface area (Å²) < 4.78 is 0. The highest BCUT2D eigenvalue weighted by Gasteiger charge is 2.59. The van der Waals surface area contributed by atoms with Gasteiger partial charge < -0.3 is 5.11 Å². The average molecular weight is 284 g/mol. The number of hydrogen-bond acceptors (Lipinski definition) is 2. The average Bonchev–Trinajstić information content (AvgIpc) is 2.50. The van der Waals surface area contributed by atoms with E-state index in [1.54, 1.807) is 0 Å². The minimum atomic E-state index is -0.729. The van der Waals surface area contributed by atoms with Gasteiger partial charge in [0.15, 0.2) is 0 Å². The lowest BCUT2D eigenvalue weighted by atomic mass is 9.49. The Morgan fingerprint density at radius 1 is 1.00 bits per heavy atom. The van der Waals surface area contributed by atoms with E-state index in [1.165, 1.54) is 12.0 Å². The molecule has 1 aromatic rings. The van der Waals surface area contributed by atoms with Crippen LogP contribution in [0.15, 0.2) is 30.3 Å². The molecule has 112 valence electrons. The van der Waals surface area contributed by atoms with Gasteiger partial charge in [0, 0.05) is 11.8 Å². The van der Waals surface area contributed by atoms with Gasteiger partial charge in [-0.05, 0) is 43.1 Å². The summed E-state index contributed by atoms with van der Waals surface area (Å²) in [5.41, 5.74) is 0.536. The Kier molecular flexibility index (Phi) is 3.18. The molecule has 0 unspecified atom stereocenters. The predicted molar refractivity (Wildman–Crippen MR) is 81.9 cm³/mol. The standard InChI is InChI=1S/C19H24O2/c20-18-14-9-6-11-16(18)19(21)12-5-4-10-15(19)17(14)13-7-2-1-3-8-13/h1-3,7-8,14-17,21H,4-6,9-12H2/t14-,15+,16+,17+,19-/m0/s1. The number of hydrogen-bond donors (Lipinski definition) is 1. The Bertz CT molecular complexity index is 538. The molecule has 0 heterocycles. The van der Waals surface area contributed by atoms with Gasteiger partial charge in [-0.15, -0.1) is 0 Å². The summed E-state index contributed by atoms with van der Waals surface area (Å²) in [4.78, 5) is 12.9. The fourth-order valence-corrected chi connectivity index (χ4v) is 5.49. The first-order valence-corrected chi connectivity index (χ1v) is 8.53. The van der Waals surface area contributed by atoms with E-state index in [1.807, 2.05) is 6.07 Å². The number of benzene rings is 1. The monoisotopic (exact) mass is 284 g/mol. The van der Waals surface area contributed by atoms with Crippen LogP contribution >= 0.6 is 0 Å². The Labute approximate surface area is 126 Å². The zero-order valence-corrected chi connectivity index (χ0v) is 12.5. The molecule has 0 spiro atoms. The van der Waals surface area contributed by atoms with Gasteiger partial charge in [0.1, 0.15) is 5.78 Å². The fraction of sp³-hybridized carbons (Fsp3) is 0.632. The first-order chi connectivity index (χ1) is 10.2. The van der Waals surface area contributed by atoms with Gasteiger partial charge >= 0.3 is 0 Å². The molecule has 1 N–H and O–H groups in total. The van der Waals surface area contributed by atoms with Crippen molar-refractivity contribution in [3.63, 3.8) is 0 Å². The van der Waals surface area contributed by atoms with Gasteiger partial charge in [-0.25, -0.2) is 0 Å². The predicted octanol–water partition coefficient (Wildman–Crippen LogP) is 3.69. The summed E-state index contributed by atoms with van der Waals surface area (Å²) in [5, 5.41) is 11.4. The molecular weight excluding hydrogens is 260 g/mol. The summed E-state index contributed by atoms with van der Waals surface area (Å²) in [6, 6.07) is 10.5. The number of ketones is 1. The SMILES string of the molecule is O=C1[C@H]2CCC[C@H]1[C@]1(O)CCCC[C@@H]1[C@@H]2c1ccccc1. The van der Waals surface area contributed by atoms with E-state index < -0.39 is 5.60 Å². The van der Waals surface area contributed by atoms with Gasteiger partial charge in [-0.1, -0.05) is 49.6 Å². The fourth-order valence-electron chi connectivity index (χ4n) is 5.49. The molecular formula is C19H24O2. The maximum atomic E-state index is 12.9. The smallest absolute Gasteiger partial charge is 0.142 e. The van der Waals surface area contributed by atoms with Crippen molar-refractivity contribution < 1.29 is 9.90 Å². The molecule has 21 heavy (non-hydrogen) atoms. The highest BCUT2D eigenvalue weighted by atomic mass is 16.3. The Balaban J connectivity index is 1.82. The molecule has 3 fully saturated rings. The molecule has 0 aromatic heterocycles. The quantitative estimate of drug-likeness (QED) is 0.854. The third-order valence-corrected chi connectivity index (χ3v) is 6.36. The van der Waals surface area contributed by atoms with E-state index in [4.69, 9.17) is 0 Å². The van der Waals surface area contributed by atoms with Gasteiger partial charge in [-0.2, -0.15) is 0 Å². The van der Waals surface area contributed by atoms with E-state index >= 15 is 0 Å². The Morgan fingerprint density at radius 2 is 1.81 bits per heavy atom. The largest absolute Gasteiger partial charge is 0.389 e. The van der Waals surface area contributed by atoms with Crippen LogP contribution in [0.2, 0.25) is 0 Å². The van der Waals surface area contributed by atoms with Crippen LogP contribution in [0.4, 0.5) is 0 Å². The summed E-state index contributed by atoms with van der Waals surface area (Å²) in [5.74, 6) is 0.939. The molecule has 3 saturated carbocycles. The van der Waals surface area contributed by atoms with Crippen LogP contribution in [0.25, 0.3) is 0 Å². The first-order valence-electron chi connectivity index (χ1n) is 8.53. The van der Waals surface area contributed by atoms with E-state index in [2.05, 4.69) is 24.3 Å². The van der Waals surface area contributed by atoms with Crippen molar-refractivity contribution in [1.29, 1.82) is 0 Å². The Hall–Kier alpha value is -1.15. The molecule has 4 rings (SSSR count). The molecule has 1 aromatic carbocycles. The molecule has 0 amide bonds. The van der Waals surface area contributed by atoms with Crippen LogP contribution in [-0.2, 0) is 4.79 Å². The van der Waals surface area contributed by atoms with Crippen molar-refractivity contribution in [2.75, 3.05) is 0 Å². The van der Waals surface area contributed by atoms with E-state index in [0.717, 1.165) is 38.5 Å². The van der Waals surface area contributed by atoms with Crippen molar-refractivity contribution in [3.05, 3.63) is 35.9 Å². The van der Waals surface area contributed by atoms with Gasteiger partial charge in [0.05, 0.1) is 5.60 Å². The molecule has 5 atom stereocenters. The van der Waals surface area contributed by atoms with Gasteiger partial charge in [0.2, 0.25) is 0 Å². The van der Waals surface area contributed by atoms with Crippen LogP contribution < -0.4 is 0 Å². The lowest BCUT2D eigenvalue weighted by Crippen LogP contribution is -2.60. The highest BCUT2D eigenvalue weighted by molar-refractivity contribution is 5.87.